The van der Waals surface area contributed by atoms with Crippen molar-refractivity contribution in [2.24, 2.45) is 0 Å². The molecule has 166 valence electrons. The number of piperazine rings is 1. The standard InChI is InChI=1S/C23H30N4O4/c1-15-22-19(25-23(24-15)27-8-6-26(7-9-27)10-11-28)12-16(13-20(22)29)18-5-4-17(30-2)14-21(18)31-3/h4-5,14,16,28H,6-13H2,1-3H3/t16-/m1/s1. The lowest BCUT2D eigenvalue weighted by atomic mass is 9.81. The number of methoxy groups -OCH3 is 2. The van der Waals surface area contributed by atoms with Crippen LogP contribution in [-0.4, -0.2) is 79.3 Å². The largest absolute Gasteiger partial charge is 0.497 e. The smallest absolute Gasteiger partial charge is 0.225 e. The molecule has 1 aromatic carbocycles. The van der Waals surface area contributed by atoms with Gasteiger partial charge in [0, 0.05) is 51.1 Å². The van der Waals surface area contributed by atoms with Gasteiger partial charge in [0.15, 0.2) is 5.78 Å². The fourth-order valence-corrected chi connectivity index (χ4v) is 4.59. The van der Waals surface area contributed by atoms with E-state index in [4.69, 9.17) is 19.6 Å². The number of ether oxygens (including phenoxy) is 2. The Balaban J connectivity index is 1.60. The number of anilines is 1. The number of aryl methyl sites for hydroxylation is 1. The van der Waals surface area contributed by atoms with Gasteiger partial charge < -0.3 is 19.5 Å². The Morgan fingerprint density at radius 2 is 1.87 bits per heavy atom. The van der Waals surface area contributed by atoms with E-state index >= 15 is 0 Å². The molecule has 1 saturated heterocycles. The summed E-state index contributed by atoms with van der Waals surface area (Å²) in [5.74, 6) is 2.23. The molecule has 2 heterocycles. The summed E-state index contributed by atoms with van der Waals surface area (Å²) < 4.78 is 10.9. The molecular formula is C23H30N4O4. The van der Waals surface area contributed by atoms with Crippen LogP contribution in [0.4, 0.5) is 5.95 Å². The van der Waals surface area contributed by atoms with Gasteiger partial charge in [-0.25, -0.2) is 9.97 Å². The van der Waals surface area contributed by atoms with Crippen LogP contribution in [0.5, 0.6) is 11.5 Å². The summed E-state index contributed by atoms with van der Waals surface area (Å²) in [6.07, 6.45) is 1.09. The number of carbonyl (C=O) groups excluding carboxylic acids is 1. The molecule has 0 unspecified atom stereocenters. The SMILES string of the molecule is COc1ccc([C@H]2CC(=O)c3c(C)nc(N4CCN(CCO)CC4)nc3C2)c(OC)c1. The summed E-state index contributed by atoms with van der Waals surface area (Å²) in [4.78, 5) is 26.9. The predicted octanol–water partition coefficient (Wildman–Crippen LogP) is 1.83. The number of hydrogen-bond acceptors (Lipinski definition) is 8. The molecule has 1 N–H and O–H groups in total. The highest BCUT2D eigenvalue weighted by molar-refractivity contribution is 5.99. The van der Waals surface area contributed by atoms with Gasteiger partial charge in [-0.05, 0) is 25.0 Å². The number of aromatic nitrogens is 2. The maximum atomic E-state index is 13.0. The molecule has 0 saturated carbocycles. The number of hydrogen-bond donors (Lipinski definition) is 1. The van der Waals surface area contributed by atoms with Crippen LogP contribution in [0, 0.1) is 6.92 Å². The molecule has 0 bridgehead atoms. The summed E-state index contributed by atoms with van der Waals surface area (Å²) in [7, 11) is 3.26. The lowest BCUT2D eigenvalue weighted by Gasteiger charge is -2.35. The average molecular weight is 427 g/mol. The summed E-state index contributed by atoms with van der Waals surface area (Å²) >= 11 is 0. The molecule has 0 amide bonds. The van der Waals surface area contributed by atoms with E-state index in [9.17, 15) is 4.79 Å². The summed E-state index contributed by atoms with van der Waals surface area (Å²) in [5, 5.41) is 9.15. The van der Waals surface area contributed by atoms with Gasteiger partial charge in [-0.2, -0.15) is 0 Å². The van der Waals surface area contributed by atoms with E-state index in [1.165, 1.54) is 0 Å². The zero-order valence-corrected chi connectivity index (χ0v) is 18.4. The topological polar surface area (TPSA) is 88.0 Å². The summed E-state index contributed by atoms with van der Waals surface area (Å²) in [6, 6.07) is 5.74. The number of aliphatic hydroxyl groups excluding tert-OH is 1. The number of aliphatic hydroxyl groups is 1. The first-order chi connectivity index (χ1) is 15.0. The molecule has 1 aliphatic heterocycles. The second-order valence-corrected chi connectivity index (χ2v) is 8.12. The Morgan fingerprint density at radius 3 is 2.55 bits per heavy atom. The Hall–Kier alpha value is -2.71. The number of β-amino-alcohol motifs (C(OH)–C–C–N with tert-alkyl or cyclic N) is 1. The molecule has 0 spiro atoms. The fourth-order valence-electron chi connectivity index (χ4n) is 4.59. The van der Waals surface area contributed by atoms with E-state index < -0.39 is 0 Å². The van der Waals surface area contributed by atoms with Crippen molar-refractivity contribution in [3.63, 3.8) is 0 Å². The van der Waals surface area contributed by atoms with Gasteiger partial charge in [0.1, 0.15) is 11.5 Å². The molecule has 31 heavy (non-hydrogen) atoms. The van der Waals surface area contributed by atoms with Gasteiger partial charge in [-0.15, -0.1) is 0 Å². The Bertz CT molecular complexity index is 957. The first kappa shape index (κ1) is 21.5. The second kappa shape index (κ2) is 9.20. The van der Waals surface area contributed by atoms with E-state index in [1.54, 1.807) is 14.2 Å². The molecule has 1 aromatic heterocycles. The monoisotopic (exact) mass is 426 g/mol. The van der Waals surface area contributed by atoms with Crippen LogP contribution in [-0.2, 0) is 6.42 Å². The van der Waals surface area contributed by atoms with Gasteiger partial charge in [0.05, 0.1) is 37.8 Å². The Labute approximate surface area is 182 Å². The van der Waals surface area contributed by atoms with Crippen LogP contribution < -0.4 is 14.4 Å². The van der Waals surface area contributed by atoms with E-state index in [1.807, 2.05) is 25.1 Å². The lowest BCUT2D eigenvalue weighted by Crippen LogP contribution is -2.48. The van der Waals surface area contributed by atoms with Crippen molar-refractivity contribution in [1.82, 2.24) is 14.9 Å². The second-order valence-electron chi connectivity index (χ2n) is 8.12. The van der Waals surface area contributed by atoms with Crippen molar-refractivity contribution >= 4 is 11.7 Å². The third-order valence-corrected chi connectivity index (χ3v) is 6.26. The minimum atomic E-state index is 0.00408. The number of rotatable bonds is 6. The van der Waals surface area contributed by atoms with Crippen LogP contribution in [0.25, 0.3) is 0 Å². The van der Waals surface area contributed by atoms with Gasteiger partial charge in [0.25, 0.3) is 0 Å². The molecular weight excluding hydrogens is 396 g/mol. The van der Waals surface area contributed by atoms with Crippen LogP contribution in [0.2, 0.25) is 0 Å². The first-order valence-electron chi connectivity index (χ1n) is 10.7. The minimum Gasteiger partial charge on any atom is -0.497 e. The first-order valence-corrected chi connectivity index (χ1v) is 10.7. The molecule has 1 fully saturated rings. The van der Waals surface area contributed by atoms with Gasteiger partial charge in [0.2, 0.25) is 5.95 Å². The zero-order chi connectivity index (χ0) is 22.0. The Kier molecular flexibility index (Phi) is 6.38. The van der Waals surface area contributed by atoms with E-state index in [0.717, 1.165) is 54.6 Å². The normalized spacial score (nSPS) is 19.3. The molecule has 8 heteroatoms. The average Bonchev–Trinajstić information content (AvgIpc) is 2.78. The highest BCUT2D eigenvalue weighted by atomic mass is 16.5. The summed E-state index contributed by atoms with van der Waals surface area (Å²) in [5.41, 5.74) is 3.24. The Morgan fingerprint density at radius 1 is 1.10 bits per heavy atom. The number of ketones is 1. The minimum absolute atomic E-state index is 0.00408. The van der Waals surface area contributed by atoms with Crippen molar-refractivity contribution in [2.75, 3.05) is 58.5 Å². The number of Topliss-reactive ketones (excluding diaryl/α,β-unsaturated/α-hetero) is 1. The maximum absolute atomic E-state index is 13.0. The zero-order valence-electron chi connectivity index (χ0n) is 18.4. The van der Waals surface area contributed by atoms with Crippen LogP contribution in [0.3, 0.4) is 0 Å². The van der Waals surface area contributed by atoms with Gasteiger partial charge in [-0.1, -0.05) is 6.07 Å². The highest BCUT2D eigenvalue weighted by Crippen LogP contribution is 2.39. The molecule has 1 atom stereocenters. The fraction of sp³-hybridized carbons (Fsp3) is 0.522. The van der Waals surface area contributed by atoms with Crippen molar-refractivity contribution < 1.29 is 19.4 Å². The maximum Gasteiger partial charge on any atom is 0.225 e. The third kappa shape index (κ3) is 4.36. The summed E-state index contributed by atoms with van der Waals surface area (Å²) in [6.45, 7) is 6.11. The third-order valence-electron chi connectivity index (χ3n) is 6.26. The predicted molar refractivity (Wildman–Crippen MR) is 117 cm³/mol. The van der Waals surface area contributed by atoms with Gasteiger partial charge in [-0.3, -0.25) is 9.69 Å². The number of benzene rings is 1. The quantitative estimate of drug-likeness (QED) is 0.749. The number of nitrogens with zero attached hydrogens (tertiary/aromatic N) is 4. The van der Waals surface area contributed by atoms with E-state index in [2.05, 4.69) is 14.8 Å². The van der Waals surface area contributed by atoms with Crippen molar-refractivity contribution in [3.8, 4) is 11.5 Å². The molecule has 2 aliphatic rings. The van der Waals surface area contributed by atoms with Crippen LogP contribution >= 0.6 is 0 Å². The van der Waals surface area contributed by atoms with E-state index in [-0.39, 0.29) is 18.3 Å². The van der Waals surface area contributed by atoms with Crippen molar-refractivity contribution in [2.45, 2.75) is 25.7 Å². The van der Waals surface area contributed by atoms with Crippen LogP contribution in [0.1, 0.15) is 39.6 Å². The molecule has 0 radical (unpaired) electrons. The van der Waals surface area contributed by atoms with Gasteiger partial charge >= 0.3 is 0 Å². The molecule has 1 aliphatic carbocycles. The molecule has 2 aromatic rings. The molecule has 4 rings (SSSR count). The van der Waals surface area contributed by atoms with E-state index in [0.29, 0.717) is 30.9 Å². The number of carbonyl (C=O) groups is 1. The molecule has 8 nitrogen and oxygen atoms in total. The number of fused-ring (bicyclic) bond motifs is 1. The van der Waals surface area contributed by atoms with Crippen molar-refractivity contribution in [1.29, 1.82) is 0 Å². The highest BCUT2D eigenvalue weighted by Gasteiger charge is 2.32. The van der Waals surface area contributed by atoms with Crippen molar-refractivity contribution in [3.05, 3.63) is 40.7 Å². The lowest BCUT2D eigenvalue weighted by molar-refractivity contribution is 0.0961. The van der Waals surface area contributed by atoms with Crippen LogP contribution in [0.15, 0.2) is 18.2 Å².